The van der Waals surface area contributed by atoms with Crippen molar-refractivity contribution in [1.82, 2.24) is 15.4 Å². The van der Waals surface area contributed by atoms with Gasteiger partial charge in [0.1, 0.15) is 6.54 Å². The lowest BCUT2D eigenvalue weighted by Crippen LogP contribution is -2.44. The maximum atomic E-state index is 11.9. The molecule has 2 aromatic rings. The number of carbonyl (C=O) groups excluding carboxylic acids is 3. The molecular weight excluding hydrogens is 314 g/mol. The zero-order valence-corrected chi connectivity index (χ0v) is 12.8. The SMILES string of the molecule is COC(=O)c1ccc(C(=O)NNC(=O)Cn2ccccc2=O)cc1. The van der Waals surface area contributed by atoms with Crippen molar-refractivity contribution in [3.05, 3.63) is 70.1 Å². The molecule has 0 atom stereocenters. The summed E-state index contributed by atoms with van der Waals surface area (Å²) in [5.74, 6) is -1.62. The molecule has 2 amide bonds. The molecule has 2 rings (SSSR count). The van der Waals surface area contributed by atoms with Gasteiger partial charge in [-0.25, -0.2) is 4.79 Å². The fraction of sp³-hybridized carbons (Fsp3) is 0.125. The smallest absolute Gasteiger partial charge is 0.337 e. The number of hydrogen-bond acceptors (Lipinski definition) is 5. The lowest BCUT2D eigenvalue weighted by Gasteiger charge is -2.09. The van der Waals surface area contributed by atoms with Crippen molar-refractivity contribution in [3.63, 3.8) is 0 Å². The van der Waals surface area contributed by atoms with Crippen LogP contribution >= 0.6 is 0 Å². The van der Waals surface area contributed by atoms with E-state index < -0.39 is 17.8 Å². The third kappa shape index (κ3) is 4.29. The monoisotopic (exact) mass is 329 g/mol. The lowest BCUT2D eigenvalue weighted by molar-refractivity contribution is -0.122. The van der Waals surface area contributed by atoms with Gasteiger partial charge in [-0.3, -0.25) is 25.2 Å². The summed E-state index contributed by atoms with van der Waals surface area (Å²) < 4.78 is 5.76. The predicted molar refractivity (Wildman–Crippen MR) is 84.1 cm³/mol. The van der Waals surface area contributed by atoms with Crippen LogP contribution in [-0.2, 0) is 16.1 Å². The van der Waals surface area contributed by atoms with E-state index in [1.54, 1.807) is 12.1 Å². The zero-order chi connectivity index (χ0) is 17.5. The molecule has 1 aromatic heterocycles. The molecule has 0 saturated heterocycles. The molecule has 8 nitrogen and oxygen atoms in total. The Balaban J connectivity index is 1.90. The summed E-state index contributed by atoms with van der Waals surface area (Å²) in [5, 5.41) is 0. The first kappa shape index (κ1) is 16.9. The third-order valence-corrected chi connectivity index (χ3v) is 3.10. The molecule has 0 aliphatic rings. The number of benzene rings is 1. The normalized spacial score (nSPS) is 9.88. The van der Waals surface area contributed by atoms with Gasteiger partial charge in [-0.2, -0.15) is 0 Å². The van der Waals surface area contributed by atoms with Gasteiger partial charge in [0.2, 0.25) is 0 Å². The second-order valence-electron chi connectivity index (χ2n) is 4.74. The lowest BCUT2D eigenvalue weighted by atomic mass is 10.1. The number of esters is 1. The third-order valence-electron chi connectivity index (χ3n) is 3.10. The highest BCUT2D eigenvalue weighted by Crippen LogP contribution is 2.05. The Labute approximate surface area is 137 Å². The summed E-state index contributed by atoms with van der Waals surface area (Å²) in [6.45, 7) is -0.221. The first-order valence-electron chi connectivity index (χ1n) is 6.94. The second kappa shape index (κ2) is 7.73. The van der Waals surface area contributed by atoms with E-state index in [0.717, 1.165) is 0 Å². The van der Waals surface area contributed by atoms with E-state index in [2.05, 4.69) is 15.6 Å². The van der Waals surface area contributed by atoms with Gasteiger partial charge in [0.15, 0.2) is 0 Å². The number of nitrogens with one attached hydrogen (secondary N) is 2. The molecule has 0 aliphatic carbocycles. The second-order valence-corrected chi connectivity index (χ2v) is 4.74. The average Bonchev–Trinajstić information content (AvgIpc) is 2.61. The number of nitrogens with zero attached hydrogens (tertiary/aromatic N) is 1. The molecule has 124 valence electrons. The molecule has 1 aromatic carbocycles. The summed E-state index contributed by atoms with van der Waals surface area (Å²) in [6, 6.07) is 10.2. The van der Waals surface area contributed by atoms with Gasteiger partial charge in [0, 0.05) is 17.8 Å². The highest BCUT2D eigenvalue weighted by molar-refractivity contribution is 5.97. The van der Waals surface area contributed by atoms with E-state index in [0.29, 0.717) is 5.56 Å². The van der Waals surface area contributed by atoms with Crippen LogP contribution in [0.4, 0.5) is 0 Å². The van der Waals surface area contributed by atoms with Crippen LogP contribution in [0.15, 0.2) is 53.5 Å². The molecule has 2 N–H and O–H groups in total. The zero-order valence-electron chi connectivity index (χ0n) is 12.8. The summed E-state index contributed by atoms with van der Waals surface area (Å²) in [4.78, 5) is 46.4. The standard InChI is InChI=1S/C16H15N3O5/c1-24-16(23)12-7-5-11(6-8-12)15(22)18-17-13(20)10-19-9-3-2-4-14(19)21/h2-9H,10H2,1H3,(H,17,20)(H,18,22). The van der Waals surface area contributed by atoms with E-state index in [-0.39, 0.29) is 17.7 Å². The maximum Gasteiger partial charge on any atom is 0.337 e. The minimum atomic E-state index is -0.555. The molecule has 0 aliphatic heterocycles. The van der Waals surface area contributed by atoms with Crippen LogP contribution in [0.3, 0.4) is 0 Å². The van der Waals surface area contributed by atoms with E-state index >= 15 is 0 Å². The fourth-order valence-electron chi connectivity index (χ4n) is 1.86. The molecule has 0 fully saturated rings. The summed E-state index contributed by atoms with van der Waals surface area (Å²) in [6.07, 6.45) is 1.47. The quantitative estimate of drug-likeness (QED) is 0.611. The van der Waals surface area contributed by atoms with E-state index in [1.807, 2.05) is 0 Å². The molecule has 0 saturated carbocycles. The highest BCUT2D eigenvalue weighted by Gasteiger charge is 2.10. The van der Waals surface area contributed by atoms with E-state index in [1.165, 1.54) is 48.2 Å². The maximum absolute atomic E-state index is 11.9. The number of methoxy groups -OCH3 is 1. The van der Waals surface area contributed by atoms with E-state index in [4.69, 9.17) is 0 Å². The van der Waals surface area contributed by atoms with Crippen molar-refractivity contribution in [2.45, 2.75) is 6.54 Å². The summed E-state index contributed by atoms with van der Waals surface area (Å²) in [5.41, 5.74) is 4.68. The Bertz CT molecular complexity index is 811. The Morgan fingerprint density at radius 1 is 1.00 bits per heavy atom. The van der Waals surface area contributed by atoms with Gasteiger partial charge < -0.3 is 9.30 Å². The Morgan fingerprint density at radius 2 is 1.67 bits per heavy atom. The van der Waals surface area contributed by atoms with Crippen LogP contribution in [0.1, 0.15) is 20.7 Å². The minimum Gasteiger partial charge on any atom is -0.465 e. The highest BCUT2D eigenvalue weighted by atomic mass is 16.5. The van der Waals surface area contributed by atoms with Crippen molar-refractivity contribution in [2.24, 2.45) is 0 Å². The first-order valence-corrected chi connectivity index (χ1v) is 6.94. The molecule has 0 spiro atoms. The van der Waals surface area contributed by atoms with Crippen LogP contribution in [0.2, 0.25) is 0 Å². The average molecular weight is 329 g/mol. The van der Waals surface area contributed by atoms with Gasteiger partial charge in [-0.15, -0.1) is 0 Å². The Hall–Kier alpha value is -3.42. The Morgan fingerprint density at radius 3 is 2.29 bits per heavy atom. The minimum absolute atomic E-state index is 0.221. The number of carbonyl (C=O) groups is 3. The van der Waals surface area contributed by atoms with Gasteiger partial charge >= 0.3 is 5.97 Å². The van der Waals surface area contributed by atoms with Crippen LogP contribution in [0, 0.1) is 0 Å². The van der Waals surface area contributed by atoms with Crippen molar-refractivity contribution < 1.29 is 19.1 Å². The molecule has 24 heavy (non-hydrogen) atoms. The van der Waals surface area contributed by atoms with Gasteiger partial charge in [-0.05, 0) is 30.3 Å². The van der Waals surface area contributed by atoms with Crippen molar-refractivity contribution >= 4 is 17.8 Å². The topological polar surface area (TPSA) is 106 Å². The van der Waals surface area contributed by atoms with E-state index in [9.17, 15) is 19.2 Å². The molecule has 0 unspecified atom stereocenters. The van der Waals surface area contributed by atoms with Crippen LogP contribution in [-0.4, -0.2) is 29.5 Å². The number of ether oxygens (including phenoxy) is 1. The van der Waals surface area contributed by atoms with Crippen molar-refractivity contribution in [1.29, 1.82) is 0 Å². The molecule has 1 heterocycles. The molecule has 8 heteroatoms. The number of rotatable bonds is 4. The molecular formula is C16H15N3O5. The van der Waals surface area contributed by atoms with Gasteiger partial charge in [-0.1, -0.05) is 6.07 Å². The summed E-state index contributed by atoms with van der Waals surface area (Å²) >= 11 is 0. The largest absolute Gasteiger partial charge is 0.465 e. The van der Waals surface area contributed by atoms with Gasteiger partial charge in [0.25, 0.3) is 17.4 Å². The number of amides is 2. The molecule has 0 radical (unpaired) electrons. The van der Waals surface area contributed by atoms with Crippen molar-refractivity contribution in [3.8, 4) is 0 Å². The number of hydrazine groups is 1. The first-order chi connectivity index (χ1) is 11.5. The Kier molecular flexibility index (Phi) is 5.45. The fourth-order valence-corrected chi connectivity index (χ4v) is 1.86. The molecule has 0 bridgehead atoms. The predicted octanol–water partition coefficient (Wildman–Crippen LogP) is 0.0961. The number of aromatic nitrogens is 1. The van der Waals surface area contributed by atoms with Gasteiger partial charge in [0.05, 0.1) is 12.7 Å². The number of hydrogen-bond donors (Lipinski definition) is 2. The van der Waals surface area contributed by atoms with Crippen LogP contribution in [0.25, 0.3) is 0 Å². The number of pyridine rings is 1. The van der Waals surface area contributed by atoms with Crippen molar-refractivity contribution in [2.75, 3.05) is 7.11 Å². The van der Waals surface area contributed by atoms with Crippen LogP contribution in [0.5, 0.6) is 0 Å². The summed E-state index contributed by atoms with van der Waals surface area (Å²) in [7, 11) is 1.26. The van der Waals surface area contributed by atoms with Crippen LogP contribution < -0.4 is 16.4 Å².